The first-order valence-corrected chi connectivity index (χ1v) is 7.70. The number of halogens is 1. The summed E-state index contributed by atoms with van der Waals surface area (Å²) in [5.74, 6) is -0.104. The zero-order valence-electron chi connectivity index (χ0n) is 12.7. The second-order valence-electron chi connectivity index (χ2n) is 5.73. The maximum Gasteiger partial charge on any atom is 0.223 e. The standard InChI is InChI=1S/C17H20FN3O/c1-13-16-12-15(18)6-5-14(16)7-11-21(13)17(22)4-2-9-20-10-3-8-19-20/h3,5-6,8,10,12-13H,2,4,7,9,11H2,1H3/t13-/m1/s1. The molecule has 3 rings (SSSR count). The Balaban J connectivity index is 1.61. The molecule has 1 atom stereocenters. The van der Waals surface area contributed by atoms with E-state index in [1.807, 2.05) is 34.8 Å². The highest BCUT2D eigenvalue weighted by molar-refractivity contribution is 5.77. The Bertz CT molecular complexity index is 654. The summed E-state index contributed by atoms with van der Waals surface area (Å²) in [5.41, 5.74) is 2.08. The molecule has 0 unspecified atom stereocenters. The van der Waals surface area contributed by atoms with Gasteiger partial charge in [-0.2, -0.15) is 5.10 Å². The number of carbonyl (C=O) groups is 1. The van der Waals surface area contributed by atoms with Gasteiger partial charge in [0.05, 0.1) is 6.04 Å². The first kappa shape index (κ1) is 14.8. The van der Waals surface area contributed by atoms with Crippen LogP contribution in [0.4, 0.5) is 4.39 Å². The predicted molar refractivity (Wildman–Crippen MR) is 81.7 cm³/mol. The normalized spacial score (nSPS) is 17.4. The fourth-order valence-corrected chi connectivity index (χ4v) is 3.09. The van der Waals surface area contributed by atoms with Crippen LogP contribution in [0.3, 0.4) is 0 Å². The quantitative estimate of drug-likeness (QED) is 0.871. The molecule has 116 valence electrons. The second-order valence-corrected chi connectivity index (χ2v) is 5.73. The van der Waals surface area contributed by atoms with Gasteiger partial charge in [0.15, 0.2) is 0 Å². The molecule has 2 heterocycles. The van der Waals surface area contributed by atoms with Crippen molar-refractivity contribution in [3.05, 3.63) is 53.6 Å². The molecule has 0 fully saturated rings. The smallest absolute Gasteiger partial charge is 0.223 e. The summed E-state index contributed by atoms with van der Waals surface area (Å²) >= 11 is 0. The largest absolute Gasteiger partial charge is 0.336 e. The Hall–Kier alpha value is -2.17. The van der Waals surface area contributed by atoms with Gasteiger partial charge < -0.3 is 4.90 Å². The molecule has 5 heteroatoms. The van der Waals surface area contributed by atoms with E-state index in [-0.39, 0.29) is 17.8 Å². The van der Waals surface area contributed by atoms with E-state index in [0.717, 1.165) is 30.5 Å². The van der Waals surface area contributed by atoms with Gasteiger partial charge in [0, 0.05) is 31.9 Å². The zero-order chi connectivity index (χ0) is 15.5. The molecule has 2 aromatic rings. The van der Waals surface area contributed by atoms with Crippen LogP contribution >= 0.6 is 0 Å². The molecule has 22 heavy (non-hydrogen) atoms. The van der Waals surface area contributed by atoms with Gasteiger partial charge in [0.25, 0.3) is 0 Å². The third-order valence-corrected chi connectivity index (χ3v) is 4.30. The number of rotatable bonds is 4. The Kier molecular flexibility index (Phi) is 4.22. The summed E-state index contributed by atoms with van der Waals surface area (Å²) in [6.07, 6.45) is 5.69. The molecule has 1 amide bonds. The number of hydrogen-bond acceptors (Lipinski definition) is 2. The van der Waals surface area contributed by atoms with E-state index >= 15 is 0 Å². The third kappa shape index (κ3) is 3.03. The number of benzene rings is 1. The van der Waals surface area contributed by atoms with E-state index in [1.165, 1.54) is 6.07 Å². The summed E-state index contributed by atoms with van der Waals surface area (Å²) in [4.78, 5) is 14.3. The molecule has 1 aliphatic rings. The van der Waals surface area contributed by atoms with Crippen molar-refractivity contribution in [1.82, 2.24) is 14.7 Å². The van der Waals surface area contributed by atoms with Crippen molar-refractivity contribution in [3.8, 4) is 0 Å². The van der Waals surface area contributed by atoms with Gasteiger partial charge in [-0.05, 0) is 49.1 Å². The van der Waals surface area contributed by atoms with Crippen molar-refractivity contribution in [2.24, 2.45) is 0 Å². The molecular formula is C17H20FN3O. The summed E-state index contributed by atoms with van der Waals surface area (Å²) in [6, 6.07) is 6.70. The first-order chi connectivity index (χ1) is 10.6. The molecule has 1 aromatic carbocycles. The molecule has 0 radical (unpaired) electrons. The number of carbonyl (C=O) groups excluding carboxylic acids is 1. The van der Waals surface area contributed by atoms with Crippen molar-refractivity contribution in [1.29, 1.82) is 0 Å². The number of amides is 1. The molecule has 4 nitrogen and oxygen atoms in total. The molecule has 0 bridgehead atoms. The fraction of sp³-hybridized carbons (Fsp3) is 0.412. The van der Waals surface area contributed by atoms with Crippen LogP contribution in [0, 0.1) is 5.82 Å². The molecule has 0 N–H and O–H groups in total. The third-order valence-electron chi connectivity index (χ3n) is 4.30. The van der Waals surface area contributed by atoms with E-state index in [9.17, 15) is 9.18 Å². The van der Waals surface area contributed by atoms with Gasteiger partial charge in [0.2, 0.25) is 5.91 Å². The highest BCUT2D eigenvalue weighted by atomic mass is 19.1. The highest BCUT2D eigenvalue weighted by Gasteiger charge is 2.27. The van der Waals surface area contributed by atoms with E-state index in [1.54, 1.807) is 12.3 Å². The maximum absolute atomic E-state index is 13.4. The van der Waals surface area contributed by atoms with Gasteiger partial charge in [-0.25, -0.2) is 4.39 Å². The molecule has 0 saturated heterocycles. The minimum Gasteiger partial charge on any atom is -0.336 e. The van der Waals surface area contributed by atoms with E-state index in [4.69, 9.17) is 0 Å². The summed E-state index contributed by atoms with van der Waals surface area (Å²) in [5, 5.41) is 4.13. The predicted octanol–water partition coefficient (Wildman–Crippen LogP) is 2.95. The number of aryl methyl sites for hydroxylation is 1. The van der Waals surface area contributed by atoms with Crippen LogP contribution in [0.25, 0.3) is 0 Å². The number of nitrogens with zero attached hydrogens (tertiary/aromatic N) is 3. The molecule has 0 aliphatic carbocycles. The van der Waals surface area contributed by atoms with Crippen LogP contribution in [0.2, 0.25) is 0 Å². The monoisotopic (exact) mass is 301 g/mol. The van der Waals surface area contributed by atoms with Crippen LogP contribution in [-0.4, -0.2) is 27.1 Å². The molecular weight excluding hydrogens is 281 g/mol. The van der Waals surface area contributed by atoms with Gasteiger partial charge >= 0.3 is 0 Å². The lowest BCUT2D eigenvalue weighted by Crippen LogP contribution is -2.38. The lowest BCUT2D eigenvalue weighted by molar-refractivity contribution is -0.133. The van der Waals surface area contributed by atoms with Gasteiger partial charge in [0.1, 0.15) is 5.82 Å². The van der Waals surface area contributed by atoms with Gasteiger partial charge in [-0.3, -0.25) is 9.48 Å². The SMILES string of the molecule is C[C@@H]1c2cc(F)ccc2CCN1C(=O)CCCn1cccn1. The minimum atomic E-state index is -0.237. The molecule has 0 saturated carbocycles. The highest BCUT2D eigenvalue weighted by Crippen LogP contribution is 2.30. The number of fused-ring (bicyclic) bond motifs is 1. The zero-order valence-corrected chi connectivity index (χ0v) is 12.7. The van der Waals surface area contributed by atoms with Crippen molar-refractivity contribution in [2.45, 2.75) is 38.8 Å². The lowest BCUT2D eigenvalue weighted by atomic mass is 9.93. The minimum absolute atomic E-state index is 0.0587. The van der Waals surface area contributed by atoms with E-state index in [0.29, 0.717) is 13.0 Å². The van der Waals surface area contributed by atoms with Crippen LogP contribution in [0.5, 0.6) is 0 Å². The Labute approximate surface area is 129 Å². The van der Waals surface area contributed by atoms with E-state index in [2.05, 4.69) is 5.10 Å². The average molecular weight is 301 g/mol. The van der Waals surface area contributed by atoms with Gasteiger partial charge in [-0.1, -0.05) is 6.07 Å². The topological polar surface area (TPSA) is 38.1 Å². The Morgan fingerprint density at radius 1 is 1.45 bits per heavy atom. The number of aromatic nitrogens is 2. The average Bonchev–Trinajstić information content (AvgIpc) is 3.01. The van der Waals surface area contributed by atoms with Crippen LogP contribution in [0.1, 0.15) is 36.9 Å². The van der Waals surface area contributed by atoms with Crippen LogP contribution in [-0.2, 0) is 17.8 Å². The summed E-state index contributed by atoms with van der Waals surface area (Å²) in [6.45, 7) is 3.43. The van der Waals surface area contributed by atoms with Crippen molar-refractivity contribution >= 4 is 5.91 Å². The summed E-state index contributed by atoms with van der Waals surface area (Å²) in [7, 11) is 0. The van der Waals surface area contributed by atoms with Crippen LogP contribution in [0.15, 0.2) is 36.7 Å². The summed E-state index contributed by atoms with van der Waals surface area (Å²) < 4.78 is 15.3. The molecule has 1 aliphatic heterocycles. The molecule has 1 aromatic heterocycles. The molecule has 0 spiro atoms. The van der Waals surface area contributed by atoms with Crippen molar-refractivity contribution < 1.29 is 9.18 Å². The van der Waals surface area contributed by atoms with Crippen molar-refractivity contribution in [3.63, 3.8) is 0 Å². The Morgan fingerprint density at radius 3 is 3.09 bits per heavy atom. The van der Waals surface area contributed by atoms with Gasteiger partial charge in [-0.15, -0.1) is 0 Å². The second kappa shape index (κ2) is 6.30. The van der Waals surface area contributed by atoms with E-state index < -0.39 is 0 Å². The van der Waals surface area contributed by atoms with Crippen LogP contribution < -0.4 is 0 Å². The fourth-order valence-electron chi connectivity index (χ4n) is 3.09. The first-order valence-electron chi connectivity index (χ1n) is 7.70. The lowest BCUT2D eigenvalue weighted by Gasteiger charge is -2.35. The number of hydrogen-bond donors (Lipinski definition) is 0. The Morgan fingerprint density at radius 2 is 2.32 bits per heavy atom. The maximum atomic E-state index is 13.4. The van der Waals surface area contributed by atoms with Crippen molar-refractivity contribution in [2.75, 3.05) is 6.54 Å².